The fraction of sp³-hybridized carbons (Fsp3) is 0. The monoisotopic (exact) mass is 183 g/mol. The third-order valence-electron chi connectivity index (χ3n) is 1.10. The van der Waals surface area contributed by atoms with Crippen LogP contribution in [0.5, 0.6) is 0 Å². The van der Waals surface area contributed by atoms with Gasteiger partial charge in [0.2, 0.25) is 0 Å². The summed E-state index contributed by atoms with van der Waals surface area (Å²) in [5.74, 6) is 0. The maximum atomic E-state index is 8.71. The summed E-state index contributed by atoms with van der Waals surface area (Å²) < 4.78 is 0. The minimum absolute atomic E-state index is 0. The van der Waals surface area contributed by atoms with Gasteiger partial charge < -0.3 is 1.43 Å². The van der Waals surface area contributed by atoms with Crippen molar-refractivity contribution in [3.8, 4) is 0 Å². The Morgan fingerprint density at radius 1 is 1.00 bits per heavy atom. The van der Waals surface area contributed by atoms with Gasteiger partial charge in [-0.15, -0.1) is 0 Å². The zero-order valence-electron chi connectivity index (χ0n) is 7.18. The second-order valence-electron chi connectivity index (χ2n) is 1.90. The predicted molar refractivity (Wildman–Crippen MR) is 40.8 cm³/mol. The van der Waals surface area contributed by atoms with Crippen molar-refractivity contribution >= 4 is 13.2 Å². The van der Waals surface area contributed by atoms with Gasteiger partial charge in [0, 0.05) is 0 Å². The van der Waals surface area contributed by atoms with E-state index in [1.165, 1.54) is 12.1 Å². The molecule has 0 amide bonds. The SMILES string of the molecule is O[P+](O)(O)c1ccccc1.[H-].[Na+]. The Labute approximate surface area is 89.1 Å². The summed E-state index contributed by atoms with van der Waals surface area (Å²) in [5, 5.41) is 0.176. The van der Waals surface area contributed by atoms with Gasteiger partial charge in [-0.05, 0) is 12.1 Å². The van der Waals surface area contributed by atoms with E-state index in [1.54, 1.807) is 18.2 Å². The normalized spacial score (nSPS) is 10.5. The van der Waals surface area contributed by atoms with Crippen molar-refractivity contribution in [3.63, 3.8) is 0 Å². The summed E-state index contributed by atoms with van der Waals surface area (Å²) in [6.07, 6.45) is 0. The minimum Gasteiger partial charge on any atom is -1.00 e. The first-order chi connectivity index (χ1) is 4.61. The van der Waals surface area contributed by atoms with Crippen molar-refractivity contribution in [2.45, 2.75) is 0 Å². The Bertz CT molecular complexity index is 214. The molecule has 0 heterocycles. The first-order valence-electron chi connectivity index (χ1n) is 2.73. The van der Waals surface area contributed by atoms with Crippen molar-refractivity contribution in [2.24, 2.45) is 0 Å². The summed E-state index contributed by atoms with van der Waals surface area (Å²) in [5.41, 5.74) is 0. The molecule has 0 saturated carbocycles. The van der Waals surface area contributed by atoms with E-state index in [9.17, 15) is 0 Å². The Morgan fingerprint density at radius 2 is 1.45 bits per heavy atom. The zero-order chi connectivity index (χ0) is 7.61. The molecule has 3 nitrogen and oxygen atoms in total. The standard InChI is InChI=1S/C6H8O3P.Na.H/c7-10(8,9)6-4-2-1-3-5-6;;/h1-5,7-9H;;/q2*+1;-1. The van der Waals surface area contributed by atoms with Crippen LogP contribution in [0.4, 0.5) is 0 Å². The molecule has 0 bridgehead atoms. The van der Waals surface area contributed by atoms with Gasteiger partial charge in [-0.2, -0.15) is 14.7 Å². The molecular formula is C6H9NaO3P+. The summed E-state index contributed by atoms with van der Waals surface area (Å²) in [7, 11) is -3.77. The molecule has 0 aliphatic carbocycles. The molecule has 0 atom stereocenters. The molecule has 11 heavy (non-hydrogen) atoms. The van der Waals surface area contributed by atoms with E-state index in [0.29, 0.717) is 0 Å². The largest absolute Gasteiger partial charge is 1.00 e. The molecule has 0 unspecified atom stereocenters. The molecule has 0 aromatic heterocycles. The van der Waals surface area contributed by atoms with Crippen LogP contribution in [-0.4, -0.2) is 14.7 Å². The van der Waals surface area contributed by atoms with Crippen molar-refractivity contribution in [2.75, 3.05) is 0 Å². The van der Waals surface area contributed by atoms with Gasteiger partial charge >= 0.3 is 37.5 Å². The molecule has 56 valence electrons. The Hall–Kier alpha value is 0.530. The summed E-state index contributed by atoms with van der Waals surface area (Å²) in [6.45, 7) is 0. The van der Waals surface area contributed by atoms with Crippen LogP contribution in [0.15, 0.2) is 30.3 Å². The third kappa shape index (κ3) is 3.63. The van der Waals surface area contributed by atoms with Crippen molar-refractivity contribution < 1.29 is 45.7 Å². The van der Waals surface area contributed by atoms with Gasteiger partial charge in [0.05, 0.1) is 0 Å². The molecule has 0 fully saturated rings. The van der Waals surface area contributed by atoms with Crippen molar-refractivity contribution in [1.29, 1.82) is 0 Å². The average Bonchev–Trinajstić information content (AvgIpc) is 1.88. The van der Waals surface area contributed by atoms with Crippen molar-refractivity contribution in [3.05, 3.63) is 30.3 Å². The van der Waals surface area contributed by atoms with Crippen LogP contribution >= 0.6 is 7.94 Å². The van der Waals surface area contributed by atoms with Crippen LogP contribution in [0.25, 0.3) is 0 Å². The fourth-order valence-electron chi connectivity index (χ4n) is 0.628. The van der Waals surface area contributed by atoms with Gasteiger partial charge in [-0.3, -0.25) is 0 Å². The maximum Gasteiger partial charge on any atom is 1.00 e. The number of rotatable bonds is 1. The molecule has 1 aromatic carbocycles. The number of hydrogen-bond acceptors (Lipinski definition) is 3. The van der Waals surface area contributed by atoms with Gasteiger partial charge in [0.25, 0.3) is 0 Å². The first-order valence-corrected chi connectivity index (χ1v) is 4.38. The molecule has 0 aliphatic heterocycles. The fourth-order valence-corrected chi connectivity index (χ4v) is 1.20. The number of hydrogen-bond donors (Lipinski definition) is 3. The van der Waals surface area contributed by atoms with E-state index < -0.39 is 7.94 Å². The van der Waals surface area contributed by atoms with E-state index in [-0.39, 0.29) is 36.3 Å². The first kappa shape index (κ1) is 11.5. The summed E-state index contributed by atoms with van der Waals surface area (Å²) >= 11 is 0. The average molecular weight is 183 g/mol. The van der Waals surface area contributed by atoms with Crippen LogP contribution < -0.4 is 34.9 Å². The second-order valence-corrected chi connectivity index (χ2v) is 3.56. The quantitative estimate of drug-likeness (QED) is 0.325. The molecule has 1 aromatic rings. The maximum absolute atomic E-state index is 8.71. The van der Waals surface area contributed by atoms with E-state index in [1.807, 2.05) is 0 Å². The number of benzene rings is 1. The third-order valence-corrected chi connectivity index (χ3v) is 2.09. The summed E-state index contributed by atoms with van der Waals surface area (Å²) in [4.78, 5) is 26.1. The van der Waals surface area contributed by atoms with E-state index in [0.717, 1.165) is 0 Å². The second kappa shape index (κ2) is 4.53. The van der Waals surface area contributed by atoms with Gasteiger partial charge in [0.1, 0.15) is 0 Å². The predicted octanol–water partition coefficient (Wildman–Crippen LogP) is -2.83. The molecule has 0 saturated heterocycles. The zero-order valence-corrected chi connectivity index (χ0v) is 9.07. The molecular weight excluding hydrogens is 174 g/mol. The Kier molecular flexibility index (Phi) is 4.75. The van der Waals surface area contributed by atoms with Crippen LogP contribution in [0.3, 0.4) is 0 Å². The van der Waals surface area contributed by atoms with Crippen LogP contribution in [0.2, 0.25) is 0 Å². The molecule has 0 aliphatic rings. The minimum atomic E-state index is -3.77. The topological polar surface area (TPSA) is 60.7 Å². The van der Waals surface area contributed by atoms with Gasteiger partial charge in [-0.25, -0.2) is 0 Å². The molecule has 0 radical (unpaired) electrons. The Morgan fingerprint density at radius 3 is 1.73 bits per heavy atom. The molecule has 5 heteroatoms. The smallest absolute Gasteiger partial charge is 1.00 e. The van der Waals surface area contributed by atoms with E-state index in [2.05, 4.69) is 0 Å². The van der Waals surface area contributed by atoms with Crippen LogP contribution in [0.1, 0.15) is 1.43 Å². The van der Waals surface area contributed by atoms with E-state index >= 15 is 0 Å². The van der Waals surface area contributed by atoms with Crippen molar-refractivity contribution in [1.82, 2.24) is 0 Å². The van der Waals surface area contributed by atoms with E-state index in [4.69, 9.17) is 14.7 Å². The van der Waals surface area contributed by atoms with Crippen LogP contribution in [0, 0.1) is 0 Å². The summed E-state index contributed by atoms with van der Waals surface area (Å²) in [6, 6.07) is 7.93. The van der Waals surface area contributed by atoms with Gasteiger partial charge in [0.15, 0.2) is 5.30 Å². The molecule has 3 N–H and O–H groups in total. The molecule has 1 rings (SSSR count). The molecule has 0 spiro atoms. The van der Waals surface area contributed by atoms with Crippen LogP contribution in [-0.2, 0) is 0 Å². The van der Waals surface area contributed by atoms with Gasteiger partial charge in [-0.1, -0.05) is 18.2 Å². The Balaban J connectivity index is 0.